The topological polar surface area (TPSA) is 95.8 Å². The second-order valence-electron chi connectivity index (χ2n) is 10.6. The van der Waals surface area contributed by atoms with Gasteiger partial charge in [-0.15, -0.1) is 5.10 Å². The Labute approximate surface area is 230 Å². The van der Waals surface area contributed by atoms with Crippen LogP contribution >= 0.6 is 11.3 Å². The Morgan fingerprint density at radius 1 is 1.05 bits per heavy atom. The molecule has 10 heteroatoms. The third-order valence-electron chi connectivity index (χ3n) is 8.31. The molecule has 5 aromatic rings. The number of benzene rings is 2. The first-order valence-corrected chi connectivity index (χ1v) is 14.8. The Hall–Kier alpha value is -3.63. The maximum atomic E-state index is 13.6. The van der Waals surface area contributed by atoms with Crippen LogP contribution in [0.4, 0.5) is 5.13 Å². The largest absolute Gasteiger partial charge is 0.345 e. The molecule has 9 nitrogen and oxygen atoms in total. The van der Waals surface area contributed by atoms with Crippen LogP contribution in [0.2, 0.25) is 0 Å². The summed E-state index contributed by atoms with van der Waals surface area (Å²) in [7, 11) is 0. The number of aromatic amines is 1. The number of aromatic nitrogens is 6. The molecule has 0 spiro atoms. The summed E-state index contributed by atoms with van der Waals surface area (Å²) in [6, 6.07) is 16.6. The average molecular weight is 541 g/mol. The van der Waals surface area contributed by atoms with E-state index in [9.17, 15) is 4.79 Å². The van der Waals surface area contributed by atoms with Gasteiger partial charge >= 0.3 is 0 Å². The lowest BCUT2D eigenvalue weighted by atomic mass is 10.0. The number of anilines is 1. The molecule has 1 aliphatic heterocycles. The smallest absolute Gasteiger partial charge is 0.253 e. The number of nitrogens with one attached hydrogen (secondary N) is 1. The molecule has 2 fully saturated rings. The van der Waals surface area contributed by atoms with E-state index in [0.717, 1.165) is 72.8 Å². The summed E-state index contributed by atoms with van der Waals surface area (Å²) < 4.78 is 3.21. The Morgan fingerprint density at radius 2 is 1.87 bits per heavy atom. The number of hydrogen-bond acceptors (Lipinski definition) is 8. The zero-order valence-electron chi connectivity index (χ0n) is 22.1. The van der Waals surface area contributed by atoms with Gasteiger partial charge in [-0.25, -0.2) is 9.67 Å². The molecule has 200 valence electrons. The minimum absolute atomic E-state index is 0.0775. The van der Waals surface area contributed by atoms with Crippen LogP contribution in [0.15, 0.2) is 53.3 Å². The highest BCUT2D eigenvalue weighted by molar-refractivity contribution is 7.22. The number of fused-ring (bicyclic) bond motifs is 2. The molecular weight excluding hydrogens is 508 g/mol. The Balaban J connectivity index is 1.26. The van der Waals surface area contributed by atoms with Crippen molar-refractivity contribution in [2.45, 2.75) is 51.1 Å². The van der Waals surface area contributed by atoms with Crippen molar-refractivity contribution >= 4 is 37.6 Å². The third kappa shape index (κ3) is 4.51. The molecule has 0 radical (unpaired) electrons. The van der Waals surface area contributed by atoms with Gasteiger partial charge in [0, 0.05) is 37.3 Å². The van der Waals surface area contributed by atoms with E-state index < -0.39 is 0 Å². The summed E-state index contributed by atoms with van der Waals surface area (Å²) in [5.41, 5.74) is 3.78. The second kappa shape index (κ2) is 10.2. The van der Waals surface area contributed by atoms with Crippen LogP contribution in [0.1, 0.15) is 61.6 Å². The fourth-order valence-electron chi connectivity index (χ4n) is 6.15. The lowest BCUT2D eigenvalue weighted by molar-refractivity contribution is 0.197. The molecule has 0 amide bonds. The number of tetrazole rings is 1. The highest BCUT2D eigenvalue weighted by atomic mass is 32.1. The molecule has 1 aliphatic carbocycles. The zero-order valence-corrected chi connectivity index (χ0v) is 22.9. The summed E-state index contributed by atoms with van der Waals surface area (Å²) in [5, 5.41) is 15.2. The van der Waals surface area contributed by atoms with Gasteiger partial charge in [-0.2, -0.15) is 0 Å². The summed E-state index contributed by atoms with van der Waals surface area (Å²) in [4.78, 5) is 26.4. The first kappa shape index (κ1) is 24.4. The number of aryl methyl sites for hydroxylation is 1. The van der Waals surface area contributed by atoms with E-state index >= 15 is 0 Å². The first-order chi connectivity index (χ1) is 19.2. The second-order valence-corrected chi connectivity index (χ2v) is 11.6. The predicted octanol–water partition coefficient (Wildman–Crippen LogP) is 4.71. The van der Waals surface area contributed by atoms with E-state index in [1.165, 1.54) is 23.1 Å². The molecule has 4 heterocycles. The van der Waals surface area contributed by atoms with Crippen molar-refractivity contribution in [3.8, 4) is 0 Å². The third-order valence-corrected chi connectivity index (χ3v) is 9.40. The minimum Gasteiger partial charge on any atom is -0.345 e. The number of piperazine rings is 1. The monoisotopic (exact) mass is 540 g/mol. The highest BCUT2D eigenvalue weighted by Crippen LogP contribution is 2.35. The number of H-pyrrole nitrogens is 1. The minimum atomic E-state index is -0.323. The van der Waals surface area contributed by atoms with Crippen molar-refractivity contribution in [1.29, 1.82) is 0 Å². The van der Waals surface area contributed by atoms with Gasteiger partial charge in [0.05, 0.1) is 16.3 Å². The normalized spacial score (nSPS) is 17.9. The van der Waals surface area contributed by atoms with Crippen LogP contribution in [0.5, 0.6) is 0 Å². The van der Waals surface area contributed by atoms with Gasteiger partial charge in [-0.3, -0.25) is 9.69 Å². The molecule has 1 N–H and O–H groups in total. The van der Waals surface area contributed by atoms with Crippen LogP contribution in [-0.4, -0.2) is 61.3 Å². The van der Waals surface area contributed by atoms with Gasteiger partial charge in [0.1, 0.15) is 6.04 Å². The van der Waals surface area contributed by atoms with Crippen molar-refractivity contribution < 1.29 is 0 Å². The van der Waals surface area contributed by atoms with E-state index in [1.807, 2.05) is 16.8 Å². The van der Waals surface area contributed by atoms with Crippen LogP contribution in [0, 0.1) is 0 Å². The van der Waals surface area contributed by atoms with Crippen molar-refractivity contribution in [3.05, 3.63) is 75.8 Å². The van der Waals surface area contributed by atoms with Gasteiger partial charge in [0.25, 0.3) is 5.56 Å². The molecule has 1 unspecified atom stereocenters. The van der Waals surface area contributed by atoms with Crippen molar-refractivity contribution in [2.75, 3.05) is 31.1 Å². The summed E-state index contributed by atoms with van der Waals surface area (Å²) in [6.45, 7) is 5.37. The molecule has 2 aromatic carbocycles. The number of rotatable bonds is 6. The Bertz CT molecular complexity index is 1640. The molecule has 1 saturated carbocycles. The molecule has 3 aromatic heterocycles. The average Bonchev–Trinajstić information content (AvgIpc) is 3.74. The molecule has 1 atom stereocenters. The number of pyridine rings is 1. The first-order valence-electron chi connectivity index (χ1n) is 14.0. The fraction of sp³-hybridized carbons (Fsp3) is 0.414. The van der Waals surface area contributed by atoms with Crippen LogP contribution in [-0.2, 0) is 6.42 Å². The lowest BCUT2D eigenvalue weighted by Crippen LogP contribution is -2.49. The molecule has 1 saturated heterocycles. The van der Waals surface area contributed by atoms with E-state index in [0.29, 0.717) is 5.56 Å². The van der Waals surface area contributed by atoms with Crippen LogP contribution in [0.3, 0.4) is 0 Å². The van der Waals surface area contributed by atoms with Gasteiger partial charge in [-0.1, -0.05) is 49.3 Å². The van der Waals surface area contributed by atoms with Crippen molar-refractivity contribution in [1.82, 2.24) is 35.1 Å². The number of para-hydroxylation sites is 1. The standard InChI is InChI=1S/C29H32N8OS/c1-2-19-11-12-23-20(17-19)18-22(28(38)30-23)26(27-32-33-34-37(27)21-7-3-4-8-21)35-13-15-36(16-14-35)29-31-24-9-5-6-10-25(24)39-29/h5-6,9-12,17-18,21,26H,2-4,7-8,13-16H2,1H3,(H,30,38). The van der Waals surface area contributed by atoms with E-state index in [2.05, 4.69) is 73.6 Å². The number of hydrogen-bond donors (Lipinski definition) is 1. The predicted molar refractivity (Wildman–Crippen MR) is 155 cm³/mol. The number of nitrogens with zero attached hydrogens (tertiary/aromatic N) is 7. The van der Waals surface area contributed by atoms with Gasteiger partial charge in [-0.05, 0) is 71.0 Å². The quantitative estimate of drug-likeness (QED) is 0.333. The molecule has 7 rings (SSSR count). The van der Waals surface area contributed by atoms with Gasteiger partial charge in [0.2, 0.25) is 0 Å². The Morgan fingerprint density at radius 3 is 2.67 bits per heavy atom. The fourth-order valence-corrected chi connectivity index (χ4v) is 7.17. The van der Waals surface area contributed by atoms with E-state index in [-0.39, 0.29) is 17.6 Å². The van der Waals surface area contributed by atoms with E-state index in [1.54, 1.807) is 11.3 Å². The van der Waals surface area contributed by atoms with Crippen LogP contribution in [0.25, 0.3) is 21.1 Å². The Kier molecular flexibility index (Phi) is 6.36. The SMILES string of the molecule is CCc1ccc2[nH]c(=O)c(C(c3nnnn3C3CCCC3)N3CCN(c4nc5ccccc5s4)CC3)cc2c1. The number of thiazole rings is 1. The molecular formula is C29H32N8OS. The maximum Gasteiger partial charge on any atom is 0.253 e. The van der Waals surface area contributed by atoms with Gasteiger partial charge in [0.15, 0.2) is 11.0 Å². The van der Waals surface area contributed by atoms with Crippen molar-refractivity contribution in [2.24, 2.45) is 0 Å². The highest BCUT2D eigenvalue weighted by Gasteiger charge is 2.35. The lowest BCUT2D eigenvalue weighted by Gasteiger charge is -2.38. The van der Waals surface area contributed by atoms with Crippen LogP contribution < -0.4 is 10.5 Å². The van der Waals surface area contributed by atoms with Crippen molar-refractivity contribution in [3.63, 3.8) is 0 Å². The summed E-state index contributed by atoms with van der Waals surface area (Å²) in [6.07, 6.45) is 5.47. The molecule has 2 aliphatic rings. The zero-order chi connectivity index (χ0) is 26.3. The molecule has 0 bridgehead atoms. The summed E-state index contributed by atoms with van der Waals surface area (Å²) in [5.74, 6) is 0.770. The summed E-state index contributed by atoms with van der Waals surface area (Å²) >= 11 is 1.74. The maximum absolute atomic E-state index is 13.6. The van der Waals surface area contributed by atoms with E-state index in [4.69, 9.17) is 4.98 Å². The van der Waals surface area contributed by atoms with Gasteiger partial charge < -0.3 is 9.88 Å². The molecule has 39 heavy (non-hydrogen) atoms.